The van der Waals surface area contributed by atoms with Crippen molar-refractivity contribution >= 4 is 33.2 Å². The summed E-state index contributed by atoms with van der Waals surface area (Å²) in [4.78, 5) is 12.3. The standard InChI is InChI=1S/C21H19ClN2O3S/c22-18-8-6-16(7-9-18)14-21(25)24-19-10-12-20(13-11-19)28(26,27)23-15-17-4-2-1-3-5-17/h1-13,23H,14-15H2,(H,24,25). The van der Waals surface area contributed by atoms with Crippen molar-refractivity contribution in [2.45, 2.75) is 17.9 Å². The minimum absolute atomic E-state index is 0.138. The maximum absolute atomic E-state index is 12.4. The van der Waals surface area contributed by atoms with E-state index in [1.807, 2.05) is 30.3 Å². The molecule has 0 aliphatic carbocycles. The highest BCUT2D eigenvalue weighted by atomic mass is 35.5. The molecular formula is C21H19ClN2O3S. The highest BCUT2D eigenvalue weighted by Gasteiger charge is 2.14. The van der Waals surface area contributed by atoms with Crippen molar-refractivity contribution < 1.29 is 13.2 Å². The summed E-state index contributed by atoms with van der Waals surface area (Å²) in [5.74, 6) is -0.194. The van der Waals surface area contributed by atoms with Crippen LogP contribution < -0.4 is 10.0 Å². The molecule has 28 heavy (non-hydrogen) atoms. The number of hydrogen-bond donors (Lipinski definition) is 2. The molecule has 0 heterocycles. The Hall–Kier alpha value is -2.67. The summed E-state index contributed by atoms with van der Waals surface area (Å²) in [5.41, 5.74) is 2.24. The van der Waals surface area contributed by atoms with Crippen molar-refractivity contribution in [3.8, 4) is 0 Å². The van der Waals surface area contributed by atoms with Crippen molar-refractivity contribution in [2.24, 2.45) is 0 Å². The summed E-state index contributed by atoms with van der Waals surface area (Å²) in [7, 11) is -3.63. The van der Waals surface area contributed by atoms with Gasteiger partial charge in [-0.2, -0.15) is 0 Å². The number of hydrogen-bond acceptors (Lipinski definition) is 3. The average Bonchev–Trinajstić information content (AvgIpc) is 2.69. The molecule has 0 unspecified atom stereocenters. The van der Waals surface area contributed by atoms with Gasteiger partial charge in [0, 0.05) is 17.3 Å². The third-order valence-corrected chi connectivity index (χ3v) is 5.70. The molecule has 0 saturated carbocycles. The molecule has 0 fully saturated rings. The van der Waals surface area contributed by atoms with Crippen LogP contribution in [0.15, 0.2) is 83.8 Å². The summed E-state index contributed by atoms with van der Waals surface area (Å²) >= 11 is 5.83. The van der Waals surface area contributed by atoms with Gasteiger partial charge in [-0.3, -0.25) is 4.79 Å². The number of carbonyl (C=O) groups is 1. The minimum atomic E-state index is -3.63. The van der Waals surface area contributed by atoms with Crippen molar-refractivity contribution in [1.82, 2.24) is 4.72 Å². The average molecular weight is 415 g/mol. The molecule has 0 spiro atoms. The number of halogens is 1. The van der Waals surface area contributed by atoms with Gasteiger partial charge in [-0.15, -0.1) is 0 Å². The van der Waals surface area contributed by atoms with Crippen molar-refractivity contribution in [1.29, 1.82) is 0 Å². The maximum atomic E-state index is 12.4. The molecule has 3 aromatic carbocycles. The van der Waals surface area contributed by atoms with Crippen LogP contribution in [0.1, 0.15) is 11.1 Å². The Balaban J connectivity index is 1.59. The number of anilines is 1. The Morgan fingerprint density at radius 1 is 0.821 bits per heavy atom. The van der Waals surface area contributed by atoms with Gasteiger partial charge >= 0.3 is 0 Å². The van der Waals surface area contributed by atoms with Gasteiger partial charge in [0.25, 0.3) is 0 Å². The van der Waals surface area contributed by atoms with Crippen LogP contribution in [-0.2, 0) is 27.8 Å². The van der Waals surface area contributed by atoms with Gasteiger partial charge in [0.2, 0.25) is 15.9 Å². The predicted molar refractivity (Wildman–Crippen MR) is 111 cm³/mol. The minimum Gasteiger partial charge on any atom is -0.326 e. The molecule has 7 heteroatoms. The second-order valence-electron chi connectivity index (χ2n) is 6.19. The van der Waals surface area contributed by atoms with Crippen LogP contribution in [0.4, 0.5) is 5.69 Å². The molecule has 1 amide bonds. The summed E-state index contributed by atoms with van der Waals surface area (Å²) in [6, 6.07) is 22.4. The Bertz CT molecular complexity index is 1040. The first-order chi connectivity index (χ1) is 13.4. The second kappa shape index (κ2) is 9.01. The monoisotopic (exact) mass is 414 g/mol. The van der Waals surface area contributed by atoms with Gasteiger partial charge in [0.15, 0.2) is 0 Å². The Morgan fingerprint density at radius 2 is 1.46 bits per heavy atom. The topological polar surface area (TPSA) is 75.3 Å². The maximum Gasteiger partial charge on any atom is 0.240 e. The predicted octanol–water partition coefficient (Wildman–Crippen LogP) is 4.00. The molecule has 0 radical (unpaired) electrons. The number of nitrogens with one attached hydrogen (secondary N) is 2. The summed E-state index contributed by atoms with van der Waals surface area (Å²) in [6.07, 6.45) is 0.204. The zero-order valence-corrected chi connectivity index (χ0v) is 16.5. The first-order valence-electron chi connectivity index (χ1n) is 8.60. The zero-order chi connectivity index (χ0) is 20.0. The number of rotatable bonds is 7. The lowest BCUT2D eigenvalue weighted by atomic mass is 10.1. The van der Waals surface area contributed by atoms with E-state index in [0.717, 1.165) is 11.1 Å². The molecule has 0 aromatic heterocycles. The van der Waals surface area contributed by atoms with E-state index in [-0.39, 0.29) is 23.8 Å². The highest BCUT2D eigenvalue weighted by molar-refractivity contribution is 7.89. The van der Waals surface area contributed by atoms with Crippen molar-refractivity contribution in [3.05, 3.63) is 95.0 Å². The van der Waals surface area contributed by atoms with Gasteiger partial charge in [0.05, 0.1) is 11.3 Å². The van der Waals surface area contributed by atoms with E-state index in [9.17, 15) is 13.2 Å². The molecule has 0 bridgehead atoms. The van der Waals surface area contributed by atoms with E-state index in [2.05, 4.69) is 10.0 Å². The molecule has 0 saturated heterocycles. The van der Waals surface area contributed by atoms with Crippen LogP contribution in [-0.4, -0.2) is 14.3 Å². The van der Waals surface area contributed by atoms with E-state index in [4.69, 9.17) is 11.6 Å². The smallest absolute Gasteiger partial charge is 0.240 e. The molecule has 3 rings (SSSR count). The first-order valence-corrected chi connectivity index (χ1v) is 10.5. The number of carbonyl (C=O) groups excluding carboxylic acids is 1. The fourth-order valence-corrected chi connectivity index (χ4v) is 3.71. The van der Waals surface area contributed by atoms with E-state index < -0.39 is 10.0 Å². The Kier molecular flexibility index (Phi) is 6.46. The number of sulfonamides is 1. The van der Waals surface area contributed by atoms with Crippen molar-refractivity contribution in [2.75, 3.05) is 5.32 Å². The van der Waals surface area contributed by atoms with Crippen LogP contribution in [0.25, 0.3) is 0 Å². The van der Waals surface area contributed by atoms with Gasteiger partial charge in [-0.05, 0) is 47.5 Å². The third kappa shape index (κ3) is 5.66. The molecule has 0 aliphatic rings. The fraction of sp³-hybridized carbons (Fsp3) is 0.0952. The summed E-state index contributed by atoms with van der Waals surface area (Å²) in [5, 5.41) is 3.37. The fourth-order valence-electron chi connectivity index (χ4n) is 2.57. The molecule has 0 atom stereocenters. The highest BCUT2D eigenvalue weighted by Crippen LogP contribution is 2.16. The van der Waals surface area contributed by atoms with Crippen LogP contribution in [0.2, 0.25) is 5.02 Å². The largest absolute Gasteiger partial charge is 0.326 e. The van der Waals surface area contributed by atoms with Crippen LogP contribution in [0.5, 0.6) is 0 Å². The lowest BCUT2D eigenvalue weighted by Gasteiger charge is -2.09. The third-order valence-electron chi connectivity index (χ3n) is 4.04. The first kappa shape index (κ1) is 20.1. The lowest BCUT2D eigenvalue weighted by molar-refractivity contribution is -0.115. The van der Waals surface area contributed by atoms with Crippen LogP contribution in [0, 0.1) is 0 Å². The van der Waals surface area contributed by atoms with Crippen molar-refractivity contribution in [3.63, 3.8) is 0 Å². The lowest BCUT2D eigenvalue weighted by Crippen LogP contribution is -2.23. The second-order valence-corrected chi connectivity index (χ2v) is 8.39. The number of amides is 1. The normalized spacial score (nSPS) is 11.2. The van der Waals surface area contributed by atoms with Crippen LogP contribution >= 0.6 is 11.6 Å². The zero-order valence-electron chi connectivity index (χ0n) is 14.9. The van der Waals surface area contributed by atoms with E-state index in [1.54, 1.807) is 36.4 Å². The van der Waals surface area contributed by atoms with Gasteiger partial charge in [-0.1, -0.05) is 54.1 Å². The SMILES string of the molecule is O=C(Cc1ccc(Cl)cc1)Nc1ccc(S(=O)(=O)NCc2ccccc2)cc1. The van der Waals surface area contributed by atoms with Gasteiger partial charge in [0.1, 0.15) is 0 Å². The molecular weight excluding hydrogens is 396 g/mol. The molecule has 144 valence electrons. The molecule has 0 aliphatic heterocycles. The summed E-state index contributed by atoms with van der Waals surface area (Å²) in [6.45, 7) is 0.211. The Morgan fingerprint density at radius 3 is 2.11 bits per heavy atom. The van der Waals surface area contributed by atoms with Gasteiger partial charge in [-0.25, -0.2) is 13.1 Å². The van der Waals surface area contributed by atoms with E-state index >= 15 is 0 Å². The van der Waals surface area contributed by atoms with E-state index in [1.165, 1.54) is 12.1 Å². The molecule has 2 N–H and O–H groups in total. The molecule has 5 nitrogen and oxygen atoms in total. The Labute approximate surface area is 169 Å². The quantitative estimate of drug-likeness (QED) is 0.613. The number of benzene rings is 3. The van der Waals surface area contributed by atoms with Crippen LogP contribution in [0.3, 0.4) is 0 Å². The molecule has 3 aromatic rings. The van der Waals surface area contributed by atoms with E-state index in [0.29, 0.717) is 10.7 Å². The van der Waals surface area contributed by atoms with Gasteiger partial charge < -0.3 is 5.32 Å². The summed E-state index contributed by atoms with van der Waals surface area (Å²) < 4.78 is 27.4.